The molecule has 6 heteroatoms. The molecule has 0 aromatic carbocycles. The van der Waals surface area contributed by atoms with Crippen LogP contribution in [0.3, 0.4) is 0 Å². The first-order valence-corrected chi connectivity index (χ1v) is 5.21. The number of carbonyl (C=O) groups excluding carboxylic acids is 2. The number of carbonyl (C=O) groups is 2. The third kappa shape index (κ3) is 2.74. The van der Waals surface area contributed by atoms with Crippen molar-refractivity contribution in [2.75, 3.05) is 0 Å². The molecule has 76 valence electrons. The topological polar surface area (TPSA) is 72.2 Å². The SMILES string of the molecule is CC(NC(=O)c1cc(S)cs1)C(N)=O. The molecule has 0 saturated carbocycles. The van der Waals surface area contributed by atoms with E-state index in [0.717, 1.165) is 4.90 Å². The van der Waals surface area contributed by atoms with E-state index in [1.807, 2.05) is 0 Å². The Kier molecular flexibility index (Phi) is 3.54. The van der Waals surface area contributed by atoms with Crippen LogP contribution in [0.15, 0.2) is 16.3 Å². The molecule has 0 bridgehead atoms. The Labute approximate surface area is 90.9 Å². The van der Waals surface area contributed by atoms with Gasteiger partial charge in [0.25, 0.3) is 5.91 Å². The number of thiophene rings is 1. The number of thiol groups is 1. The first-order valence-electron chi connectivity index (χ1n) is 3.88. The first-order chi connectivity index (χ1) is 6.50. The van der Waals surface area contributed by atoms with Crippen LogP contribution in [-0.2, 0) is 4.79 Å². The minimum absolute atomic E-state index is 0.304. The van der Waals surface area contributed by atoms with E-state index in [2.05, 4.69) is 17.9 Å². The van der Waals surface area contributed by atoms with Crippen LogP contribution >= 0.6 is 24.0 Å². The van der Waals surface area contributed by atoms with Gasteiger partial charge < -0.3 is 11.1 Å². The fourth-order valence-corrected chi connectivity index (χ4v) is 1.84. The van der Waals surface area contributed by atoms with Gasteiger partial charge in [0.1, 0.15) is 6.04 Å². The second-order valence-corrected chi connectivity index (χ2v) is 4.19. The first kappa shape index (κ1) is 11.1. The molecule has 0 fully saturated rings. The summed E-state index contributed by atoms with van der Waals surface area (Å²) in [4.78, 5) is 23.3. The Morgan fingerprint density at radius 2 is 2.29 bits per heavy atom. The molecular weight excluding hydrogens is 220 g/mol. The van der Waals surface area contributed by atoms with Gasteiger partial charge in [0.2, 0.25) is 5.91 Å². The minimum Gasteiger partial charge on any atom is -0.368 e. The molecule has 1 aromatic rings. The lowest BCUT2D eigenvalue weighted by Crippen LogP contribution is -2.41. The zero-order valence-corrected chi connectivity index (χ0v) is 9.19. The Morgan fingerprint density at radius 1 is 1.64 bits per heavy atom. The Bertz CT molecular complexity index is 362. The van der Waals surface area contributed by atoms with Gasteiger partial charge in [-0.1, -0.05) is 0 Å². The molecule has 1 atom stereocenters. The highest BCUT2D eigenvalue weighted by molar-refractivity contribution is 7.80. The van der Waals surface area contributed by atoms with Crippen LogP contribution in [0, 0.1) is 0 Å². The number of nitrogens with one attached hydrogen (secondary N) is 1. The van der Waals surface area contributed by atoms with Crippen LogP contribution in [0.1, 0.15) is 16.6 Å². The monoisotopic (exact) mass is 230 g/mol. The summed E-state index contributed by atoms with van der Waals surface area (Å²) in [6.45, 7) is 1.54. The van der Waals surface area contributed by atoms with E-state index < -0.39 is 11.9 Å². The van der Waals surface area contributed by atoms with Crippen molar-refractivity contribution in [2.24, 2.45) is 5.73 Å². The summed E-state index contributed by atoms with van der Waals surface area (Å²) in [5.41, 5.74) is 5.00. The molecule has 1 unspecified atom stereocenters. The van der Waals surface area contributed by atoms with Crippen LogP contribution in [0.2, 0.25) is 0 Å². The van der Waals surface area contributed by atoms with E-state index in [1.54, 1.807) is 11.4 Å². The summed E-state index contributed by atoms with van der Waals surface area (Å²) in [6, 6.07) is 0.976. The predicted octanol–water partition coefficient (Wildman–Crippen LogP) is 0.640. The molecule has 1 rings (SSSR count). The van der Waals surface area contributed by atoms with Gasteiger partial charge >= 0.3 is 0 Å². The zero-order valence-electron chi connectivity index (χ0n) is 7.48. The molecule has 1 aromatic heterocycles. The number of hydrogen-bond donors (Lipinski definition) is 3. The van der Waals surface area contributed by atoms with E-state index in [9.17, 15) is 9.59 Å². The number of primary amides is 1. The van der Waals surface area contributed by atoms with E-state index in [1.165, 1.54) is 18.3 Å². The van der Waals surface area contributed by atoms with Crippen LogP contribution in [-0.4, -0.2) is 17.9 Å². The average Bonchev–Trinajstić information content (AvgIpc) is 2.51. The number of nitrogens with two attached hydrogens (primary N) is 1. The fraction of sp³-hybridized carbons (Fsp3) is 0.250. The van der Waals surface area contributed by atoms with Crippen molar-refractivity contribution in [1.29, 1.82) is 0 Å². The van der Waals surface area contributed by atoms with Gasteiger partial charge in [-0.3, -0.25) is 9.59 Å². The molecule has 0 aliphatic carbocycles. The summed E-state index contributed by atoms with van der Waals surface area (Å²) in [5.74, 6) is -0.859. The molecule has 0 saturated heterocycles. The normalized spacial score (nSPS) is 12.1. The Hall–Kier alpha value is -1.01. The van der Waals surface area contributed by atoms with Gasteiger partial charge in [0.05, 0.1) is 4.88 Å². The van der Waals surface area contributed by atoms with E-state index in [4.69, 9.17) is 5.73 Å². The van der Waals surface area contributed by atoms with Crippen molar-refractivity contribution in [1.82, 2.24) is 5.32 Å². The summed E-state index contributed by atoms with van der Waals surface area (Å²) < 4.78 is 0. The molecule has 0 spiro atoms. The predicted molar refractivity (Wildman–Crippen MR) is 57.7 cm³/mol. The maximum atomic E-state index is 11.4. The maximum absolute atomic E-state index is 11.4. The summed E-state index contributed by atoms with van der Waals surface area (Å²) in [6.07, 6.45) is 0. The summed E-state index contributed by atoms with van der Waals surface area (Å²) >= 11 is 5.34. The van der Waals surface area contributed by atoms with E-state index in [-0.39, 0.29) is 5.91 Å². The van der Waals surface area contributed by atoms with E-state index >= 15 is 0 Å². The van der Waals surface area contributed by atoms with Crippen molar-refractivity contribution >= 4 is 35.8 Å². The molecule has 14 heavy (non-hydrogen) atoms. The Balaban J connectivity index is 2.63. The van der Waals surface area contributed by atoms with Crippen molar-refractivity contribution in [2.45, 2.75) is 17.9 Å². The molecular formula is C8H10N2O2S2. The van der Waals surface area contributed by atoms with Crippen molar-refractivity contribution < 1.29 is 9.59 Å². The summed E-state index contributed by atoms with van der Waals surface area (Å²) in [7, 11) is 0. The third-order valence-electron chi connectivity index (χ3n) is 1.58. The van der Waals surface area contributed by atoms with Crippen LogP contribution in [0.5, 0.6) is 0 Å². The van der Waals surface area contributed by atoms with Crippen molar-refractivity contribution in [3.05, 3.63) is 16.3 Å². The highest BCUT2D eigenvalue weighted by Crippen LogP contribution is 2.17. The van der Waals surface area contributed by atoms with Crippen LogP contribution in [0.25, 0.3) is 0 Å². The number of amides is 2. The standard InChI is InChI=1S/C8H10N2O2S2/c1-4(7(9)11)10-8(12)6-2-5(13)3-14-6/h2-4,13H,1H3,(H2,9,11)(H,10,12). The lowest BCUT2D eigenvalue weighted by Gasteiger charge is -2.08. The quantitative estimate of drug-likeness (QED) is 0.667. The van der Waals surface area contributed by atoms with Crippen LogP contribution in [0.4, 0.5) is 0 Å². The molecule has 0 radical (unpaired) electrons. The van der Waals surface area contributed by atoms with Gasteiger partial charge in [-0.25, -0.2) is 0 Å². The lowest BCUT2D eigenvalue weighted by atomic mass is 10.3. The number of hydrogen-bond acceptors (Lipinski definition) is 4. The number of rotatable bonds is 3. The largest absolute Gasteiger partial charge is 0.368 e. The smallest absolute Gasteiger partial charge is 0.262 e. The maximum Gasteiger partial charge on any atom is 0.262 e. The minimum atomic E-state index is -0.659. The van der Waals surface area contributed by atoms with Crippen molar-refractivity contribution in [3.8, 4) is 0 Å². The van der Waals surface area contributed by atoms with Gasteiger partial charge in [0, 0.05) is 10.3 Å². The van der Waals surface area contributed by atoms with Gasteiger partial charge in [-0.15, -0.1) is 24.0 Å². The molecule has 2 amide bonds. The van der Waals surface area contributed by atoms with Gasteiger partial charge in [-0.05, 0) is 13.0 Å². The molecule has 0 aliphatic rings. The molecule has 1 heterocycles. The molecule has 3 N–H and O–H groups in total. The van der Waals surface area contributed by atoms with E-state index in [0.29, 0.717) is 4.88 Å². The molecule has 0 aliphatic heterocycles. The third-order valence-corrected chi connectivity index (χ3v) is 2.95. The highest BCUT2D eigenvalue weighted by atomic mass is 32.1. The second kappa shape index (κ2) is 4.47. The lowest BCUT2D eigenvalue weighted by molar-refractivity contribution is -0.119. The van der Waals surface area contributed by atoms with Gasteiger partial charge in [-0.2, -0.15) is 0 Å². The van der Waals surface area contributed by atoms with Crippen LogP contribution < -0.4 is 11.1 Å². The van der Waals surface area contributed by atoms with Gasteiger partial charge in [0.15, 0.2) is 0 Å². The zero-order chi connectivity index (χ0) is 10.7. The Morgan fingerprint density at radius 3 is 2.71 bits per heavy atom. The average molecular weight is 230 g/mol. The fourth-order valence-electron chi connectivity index (χ4n) is 0.784. The molecule has 4 nitrogen and oxygen atoms in total. The van der Waals surface area contributed by atoms with Crippen molar-refractivity contribution in [3.63, 3.8) is 0 Å². The summed E-state index contributed by atoms with van der Waals surface area (Å²) in [5, 5.41) is 4.21. The second-order valence-electron chi connectivity index (χ2n) is 2.77. The highest BCUT2D eigenvalue weighted by Gasteiger charge is 2.14.